The van der Waals surface area contributed by atoms with Crippen molar-refractivity contribution in [3.63, 3.8) is 0 Å². The molecule has 0 aliphatic rings. The summed E-state index contributed by atoms with van der Waals surface area (Å²) in [4.78, 5) is 37.7. The number of carboxylic acid groups (broad SMARTS) is 1. The van der Waals surface area contributed by atoms with Gasteiger partial charge < -0.3 is 15.4 Å². The first kappa shape index (κ1) is 15.9. The van der Waals surface area contributed by atoms with E-state index >= 15 is 0 Å². The van der Waals surface area contributed by atoms with Gasteiger partial charge in [-0.15, -0.1) is 0 Å². The lowest BCUT2D eigenvalue weighted by Gasteiger charge is -2.20. The smallest absolute Gasteiger partial charge is 0.326 e. The fraction of sp³-hybridized carbons (Fsp3) is 0.500. The molecular formula is C14H20N2O4. The van der Waals surface area contributed by atoms with Gasteiger partial charge in [-0.2, -0.15) is 0 Å². The number of carbonyl (C=O) groups excluding carboxylic acids is 1. The quantitative estimate of drug-likeness (QED) is 0.755. The Morgan fingerprint density at radius 1 is 1.40 bits per heavy atom. The van der Waals surface area contributed by atoms with Crippen LogP contribution < -0.4 is 10.9 Å². The first-order valence-corrected chi connectivity index (χ1v) is 6.52. The highest BCUT2D eigenvalue weighted by Crippen LogP contribution is 2.10. The Kier molecular flexibility index (Phi) is 5.07. The molecule has 0 spiro atoms. The summed E-state index contributed by atoms with van der Waals surface area (Å²) in [5, 5.41) is 11.6. The maximum Gasteiger partial charge on any atom is 0.326 e. The van der Waals surface area contributed by atoms with E-state index in [1.165, 1.54) is 0 Å². The maximum absolute atomic E-state index is 12.1. The summed E-state index contributed by atoms with van der Waals surface area (Å²) >= 11 is 0. The fourth-order valence-corrected chi connectivity index (χ4v) is 2.03. The number of rotatable bonds is 5. The Morgan fingerprint density at radius 2 is 2.00 bits per heavy atom. The number of aromatic nitrogens is 1. The van der Waals surface area contributed by atoms with E-state index in [2.05, 4.69) is 10.3 Å². The molecule has 1 heterocycles. The van der Waals surface area contributed by atoms with E-state index in [9.17, 15) is 14.4 Å². The molecular weight excluding hydrogens is 260 g/mol. The van der Waals surface area contributed by atoms with Crippen molar-refractivity contribution in [1.82, 2.24) is 10.3 Å². The van der Waals surface area contributed by atoms with Crippen LogP contribution in [0.4, 0.5) is 0 Å². The van der Waals surface area contributed by atoms with Crippen molar-refractivity contribution >= 4 is 11.9 Å². The molecule has 6 heteroatoms. The topological polar surface area (TPSA) is 99.3 Å². The minimum atomic E-state index is -1.10. The molecule has 1 amide bonds. The van der Waals surface area contributed by atoms with Crippen molar-refractivity contribution in [3.8, 4) is 0 Å². The average molecular weight is 280 g/mol. The van der Waals surface area contributed by atoms with Gasteiger partial charge in [0.15, 0.2) is 0 Å². The molecule has 2 atom stereocenters. The summed E-state index contributed by atoms with van der Waals surface area (Å²) < 4.78 is 0. The summed E-state index contributed by atoms with van der Waals surface area (Å²) in [7, 11) is 0. The highest BCUT2D eigenvalue weighted by atomic mass is 16.4. The van der Waals surface area contributed by atoms with Crippen LogP contribution in [0.25, 0.3) is 0 Å². The molecule has 0 saturated heterocycles. The van der Waals surface area contributed by atoms with E-state index in [0.717, 1.165) is 0 Å². The summed E-state index contributed by atoms with van der Waals surface area (Å²) in [6.07, 6.45) is 0.612. The summed E-state index contributed by atoms with van der Waals surface area (Å²) in [6.45, 7) is 6.95. The van der Waals surface area contributed by atoms with Crippen LogP contribution in [-0.4, -0.2) is 28.0 Å². The zero-order valence-electron chi connectivity index (χ0n) is 12.1. The van der Waals surface area contributed by atoms with Crippen LogP contribution in [0.15, 0.2) is 10.9 Å². The predicted molar refractivity (Wildman–Crippen MR) is 74.9 cm³/mol. The third kappa shape index (κ3) is 3.46. The van der Waals surface area contributed by atoms with Crippen molar-refractivity contribution in [2.24, 2.45) is 5.92 Å². The molecule has 110 valence electrons. The molecule has 1 aromatic heterocycles. The summed E-state index contributed by atoms with van der Waals surface area (Å²) in [5.41, 5.74) is 0.635. The molecule has 0 aliphatic carbocycles. The zero-order valence-corrected chi connectivity index (χ0v) is 12.1. The Morgan fingerprint density at radius 3 is 2.45 bits per heavy atom. The molecule has 1 rings (SSSR count). The largest absolute Gasteiger partial charge is 0.480 e. The minimum absolute atomic E-state index is 0.0369. The Balaban J connectivity index is 3.07. The van der Waals surface area contributed by atoms with Gasteiger partial charge in [-0.1, -0.05) is 20.3 Å². The molecule has 6 nitrogen and oxygen atoms in total. The molecule has 1 aromatic rings. The van der Waals surface area contributed by atoms with E-state index < -0.39 is 23.5 Å². The number of hydrogen-bond donors (Lipinski definition) is 3. The molecule has 0 radical (unpaired) electrons. The van der Waals surface area contributed by atoms with Crippen molar-refractivity contribution < 1.29 is 14.7 Å². The number of aromatic amines is 1. The lowest BCUT2D eigenvalue weighted by atomic mass is 9.98. The predicted octanol–water partition coefficient (Wildman–Crippen LogP) is 1.22. The van der Waals surface area contributed by atoms with Crippen LogP contribution in [0, 0.1) is 19.8 Å². The van der Waals surface area contributed by atoms with Gasteiger partial charge in [-0.25, -0.2) is 4.79 Å². The van der Waals surface area contributed by atoms with E-state index in [1.807, 2.05) is 6.92 Å². The summed E-state index contributed by atoms with van der Waals surface area (Å²) in [6, 6.07) is 0.669. The second-order valence-electron chi connectivity index (χ2n) is 5.01. The molecule has 0 aromatic carbocycles. The second kappa shape index (κ2) is 6.36. The lowest BCUT2D eigenvalue weighted by Crippen LogP contribution is -2.46. The molecule has 0 saturated carbocycles. The van der Waals surface area contributed by atoms with Crippen LogP contribution in [0.2, 0.25) is 0 Å². The van der Waals surface area contributed by atoms with Crippen LogP contribution in [0.5, 0.6) is 0 Å². The van der Waals surface area contributed by atoms with E-state index in [4.69, 9.17) is 5.11 Å². The molecule has 0 fully saturated rings. The van der Waals surface area contributed by atoms with Crippen molar-refractivity contribution in [2.45, 2.75) is 40.2 Å². The number of carboxylic acids is 1. The van der Waals surface area contributed by atoms with Gasteiger partial charge in [0, 0.05) is 5.69 Å². The highest BCUT2D eigenvalue weighted by Gasteiger charge is 2.27. The van der Waals surface area contributed by atoms with Gasteiger partial charge in [-0.3, -0.25) is 9.59 Å². The van der Waals surface area contributed by atoms with Gasteiger partial charge >= 0.3 is 5.97 Å². The van der Waals surface area contributed by atoms with E-state index in [1.54, 1.807) is 26.8 Å². The van der Waals surface area contributed by atoms with Gasteiger partial charge in [0.05, 0.1) is 0 Å². The first-order chi connectivity index (χ1) is 9.27. The number of amides is 1. The first-order valence-electron chi connectivity index (χ1n) is 6.52. The number of pyridine rings is 1. The zero-order chi connectivity index (χ0) is 15.4. The lowest BCUT2D eigenvalue weighted by molar-refractivity contribution is -0.140. The minimum Gasteiger partial charge on any atom is -0.480 e. The second-order valence-corrected chi connectivity index (χ2v) is 5.01. The maximum atomic E-state index is 12.1. The fourth-order valence-electron chi connectivity index (χ4n) is 2.03. The molecule has 20 heavy (non-hydrogen) atoms. The average Bonchev–Trinajstić information content (AvgIpc) is 2.33. The standard InChI is InChI=1S/C14H20N2O4/c1-5-7(2)11(14(19)20)16-13(18)10-8(3)6-9(4)15-12(10)17/h6-7,11H,5H2,1-4H3,(H,15,17)(H,16,18)(H,19,20). The van der Waals surface area contributed by atoms with Gasteiger partial charge in [0.2, 0.25) is 0 Å². The van der Waals surface area contributed by atoms with Crippen molar-refractivity contribution in [2.75, 3.05) is 0 Å². The molecule has 0 bridgehead atoms. The van der Waals surface area contributed by atoms with E-state index in [0.29, 0.717) is 17.7 Å². The Bertz CT molecular complexity index is 577. The number of hydrogen-bond acceptors (Lipinski definition) is 3. The van der Waals surface area contributed by atoms with Crippen LogP contribution in [0.1, 0.15) is 41.9 Å². The Labute approximate surface area is 117 Å². The number of aryl methyl sites for hydroxylation is 2. The molecule has 3 N–H and O–H groups in total. The monoisotopic (exact) mass is 280 g/mol. The van der Waals surface area contributed by atoms with Crippen LogP contribution >= 0.6 is 0 Å². The third-order valence-corrected chi connectivity index (χ3v) is 3.36. The normalized spacial score (nSPS) is 13.6. The SMILES string of the molecule is CCC(C)C(NC(=O)c1c(C)cc(C)[nH]c1=O)C(=O)O. The van der Waals surface area contributed by atoms with Crippen molar-refractivity contribution in [3.05, 3.63) is 33.2 Å². The Hall–Kier alpha value is -2.11. The number of carbonyl (C=O) groups is 2. The van der Waals surface area contributed by atoms with Gasteiger partial charge in [0.25, 0.3) is 11.5 Å². The number of H-pyrrole nitrogens is 1. The number of aliphatic carboxylic acids is 1. The number of nitrogens with one attached hydrogen (secondary N) is 2. The van der Waals surface area contributed by atoms with Gasteiger partial charge in [0.1, 0.15) is 11.6 Å². The summed E-state index contributed by atoms with van der Waals surface area (Å²) in [5.74, 6) is -1.98. The van der Waals surface area contributed by atoms with E-state index in [-0.39, 0.29) is 11.5 Å². The van der Waals surface area contributed by atoms with Crippen LogP contribution in [-0.2, 0) is 4.79 Å². The van der Waals surface area contributed by atoms with Gasteiger partial charge in [-0.05, 0) is 31.4 Å². The highest BCUT2D eigenvalue weighted by molar-refractivity contribution is 5.97. The molecule has 2 unspecified atom stereocenters. The van der Waals surface area contributed by atoms with Crippen LogP contribution in [0.3, 0.4) is 0 Å². The third-order valence-electron chi connectivity index (χ3n) is 3.36. The molecule has 0 aliphatic heterocycles. The van der Waals surface area contributed by atoms with Crippen molar-refractivity contribution in [1.29, 1.82) is 0 Å².